The summed E-state index contributed by atoms with van der Waals surface area (Å²) in [5, 5.41) is 10.8. The molecule has 7 aromatic rings. The summed E-state index contributed by atoms with van der Waals surface area (Å²) in [5.74, 6) is 3.74. The van der Waals surface area contributed by atoms with Gasteiger partial charge in [0, 0.05) is 43.9 Å². The summed E-state index contributed by atoms with van der Waals surface area (Å²) in [4.78, 5) is 11.9. The van der Waals surface area contributed by atoms with E-state index in [0.29, 0.717) is 23.7 Å². The summed E-state index contributed by atoms with van der Waals surface area (Å²) < 4.78 is 4.53. The number of anilines is 1. The molecule has 0 bridgehead atoms. The van der Waals surface area contributed by atoms with Gasteiger partial charge in [0.2, 0.25) is 0 Å². The normalized spacial score (nSPS) is 12.2. The van der Waals surface area contributed by atoms with Gasteiger partial charge in [0.05, 0.1) is 22.4 Å². The number of benzene rings is 5. The molecule has 0 aliphatic carbocycles. The van der Waals surface area contributed by atoms with E-state index in [2.05, 4.69) is 160 Å². The fourth-order valence-corrected chi connectivity index (χ4v) is 8.06. The Labute approximate surface area is 340 Å². The van der Waals surface area contributed by atoms with Gasteiger partial charge in [0.15, 0.2) is 0 Å². The first kappa shape index (κ1) is 39.8. The average Bonchev–Trinajstić information content (AvgIpc) is 3.81. The number of imidazole rings is 2. The Hall–Kier alpha value is -4.91. The summed E-state index contributed by atoms with van der Waals surface area (Å²) in [6, 6.07) is 38.6. The molecule has 6 nitrogen and oxygen atoms in total. The third-order valence-electron chi connectivity index (χ3n) is 10.7. The van der Waals surface area contributed by atoms with E-state index in [1.165, 1.54) is 33.4 Å². The molecular formula is C47H51BIrN5O-. The summed E-state index contributed by atoms with van der Waals surface area (Å²) >= 11 is 0. The van der Waals surface area contributed by atoms with Crippen LogP contribution in [0.4, 0.5) is 5.69 Å². The molecule has 1 radical (unpaired) electrons. The van der Waals surface area contributed by atoms with Gasteiger partial charge in [-0.15, -0.1) is 35.9 Å². The molecule has 0 unspecified atom stereocenters. The van der Waals surface area contributed by atoms with E-state index in [-0.39, 0.29) is 32.8 Å². The zero-order chi connectivity index (χ0) is 38.3. The van der Waals surface area contributed by atoms with E-state index < -0.39 is 0 Å². The summed E-state index contributed by atoms with van der Waals surface area (Å²) in [6.45, 7) is 18.0. The van der Waals surface area contributed by atoms with Crippen LogP contribution in [0.5, 0.6) is 5.75 Å². The molecule has 0 fully saturated rings. The van der Waals surface area contributed by atoms with Gasteiger partial charge in [0.1, 0.15) is 11.6 Å². The summed E-state index contributed by atoms with van der Waals surface area (Å²) in [6.07, 6.45) is 3.93. The van der Waals surface area contributed by atoms with Crippen molar-refractivity contribution in [1.29, 1.82) is 0 Å². The van der Waals surface area contributed by atoms with E-state index in [1.54, 1.807) is 6.07 Å². The van der Waals surface area contributed by atoms with E-state index in [1.807, 2.05) is 36.5 Å². The van der Waals surface area contributed by atoms with Crippen molar-refractivity contribution in [3.05, 3.63) is 144 Å². The smallest absolute Gasteiger partial charge is 0.417 e. The van der Waals surface area contributed by atoms with E-state index in [0.717, 1.165) is 39.5 Å². The number of rotatable bonds is 7. The van der Waals surface area contributed by atoms with Crippen molar-refractivity contribution >= 4 is 29.2 Å². The number of aromatic nitrogens is 4. The first-order chi connectivity index (χ1) is 26.0. The molecule has 3 heterocycles. The maximum Gasteiger partial charge on any atom is 0.417 e. The van der Waals surface area contributed by atoms with Crippen LogP contribution in [0.15, 0.2) is 116 Å². The van der Waals surface area contributed by atoms with Crippen LogP contribution in [0.3, 0.4) is 0 Å². The van der Waals surface area contributed by atoms with Crippen molar-refractivity contribution in [3.8, 4) is 34.2 Å². The molecule has 0 atom stereocenters. The average molecular weight is 905 g/mol. The molecule has 1 aliphatic rings. The second-order valence-electron chi connectivity index (χ2n) is 15.6. The Morgan fingerprint density at radius 1 is 0.655 bits per heavy atom. The first-order valence-electron chi connectivity index (χ1n) is 19.3. The number of nitrogens with zero attached hydrogens (tertiary/aromatic N) is 5. The summed E-state index contributed by atoms with van der Waals surface area (Å²) in [7, 11) is 2.13. The van der Waals surface area contributed by atoms with Crippen LogP contribution in [-0.4, -0.2) is 38.1 Å². The van der Waals surface area contributed by atoms with Crippen LogP contribution in [0, 0.1) is 6.07 Å². The zero-order valence-electron chi connectivity index (χ0n) is 33.4. The van der Waals surface area contributed by atoms with Crippen LogP contribution < -0.4 is 10.3 Å². The molecule has 5 aromatic carbocycles. The molecular weight excluding hydrogens is 854 g/mol. The Morgan fingerprint density at radius 3 is 1.84 bits per heavy atom. The second-order valence-corrected chi connectivity index (χ2v) is 15.6. The fraction of sp³-hybridized carbons (Fsp3) is 0.277. The van der Waals surface area contributed by atoms with Crippen LogP contribution in [0.1, 0.15) is 101 Å². The van der Waals surface area contributed by atoms with Crippen molar-refractivity contribution in [2.45, 2.75) is 79.1 Å². The molecule has 0 amide bonds. The first-order valence-corrected chi connectivity index (χ1v) is 19.3. The van der Waals surface area contributed by atoms with Gasteiger partial charge >= 0.3 is 6.98 Å². The van der Waals surface area contributed by atoms with Gasteiger partial charge in [-0.05, 0) is 82.7 Å². The van der Waals surface area contributed by atoms with Gasteiger partial charge < -0.3 is 19.0 Å². The molecule has 1 N–H and O–H groups in total. The fourth-order valence-electron chi connectivity index (χ4n) is 8.06. The standard InChI is InChI=1S/C26H28BN3O.C21H23N2.Ir/c1-16(2)18-10-8-11-19(17(3)4)25(18)27-29(5)22-14-9-15-23(31)24(22)26-28-20-12-6-7-13-21(20)30(26)27;1-15(2)18-11-8-12-19(16(3)4)20(18)23-14-13-22-21(23)17-9-6-5-7-10-17;/h6-17,31H,1-5H3;5-9,11-16H,1-4H3;/q;-1;. The van der Waals surface area contributed by atoms with Gasteiger partial charge in [-0.2, -0.15) is 0 Å². The van der Waals surface area contributed by atoms with E-state index in [9.17, 15) is 5.11 Å². The maximum absolute atomic E-state index is 10.8. The summed E-state index contributed by atoms with van der Waals surface area (Å²) in [5.41, 5.74) is 12.9. The largest absolute Gasteiger partial charge is 0.507 e. The van der Waals surface area contributed by atoms with Gasteiger partial charge in [-0.25, -0.2) is 4.98 Å². The number of hydrogen-bond donors (Lipinski definition) is 1. The molecule has 8 heteroatoms. The van der Waals surface area contributed by atoms with Crippen LogP contribution in [0.25, 0.3) is 39.5 Å². The number of hydrogen-bond acceptors (Lipinski definition) is 4. The molecule has 0 spiro atoms. The third kappa shape index (κ3) is 7.30. The second kappa shape index (κ2) is 16.4. The van der Waals surface area contributed by atoms with Gasteiger partial charge in [-0.1, -0.05) is 110 Å². The van der Waals surface area contributed by atoms with Crippen molar-refractivity contribution < 1.29 is 25.2 Å². The molecule has 2 aromatic heterocycles. The molecule has 0 saturated heterocycles. The predicted molar refractivity (Wildman–Crippen MR) is 227 cm³/mol. The SMILES string of the molecule is CC(C)c1cccc(C(C)C)c1-n1ccnc1-c1[c-]cccc1.CC(C)c1cccc(C(C)C)c1B1N(C)c2cccc(O)c2-c2nc3ccccc3n21.[Ir]. The number of fused-ring (bicyclic) bond motifs is 5. The Balaban J connectivity index is 0.000000192. The van der Waals surface area contributed by atoms with Gasteiger partial charge in [0.25, 0.3) is 0 Å². The monoisotopic (exact) mass is 905 g/mol. The zero-order valence-corrected chi connectivity index (χ0v) is 35.8. The minimum absolute atomic E-state index is 0. The van der Waals surface area contributed by atoms with Crippen molar-refractivity contribution in [2.75, 3.05) is 11.9 Å². The van der Waals surface area contributed by atoms with Gasteiger partial charge in [-0.3, -0.25) is 4.98 Å². The topological polar surface area (TPSA) is 59.1 Å². The van der Waals surface area contributed by atoms with Crippen LogP contribution in [0.2, 0.25) is 0 Å². The molecule has 8 rings (SSSR count). The number of para-hydroxylation sites is 3. The molecule has 1 aliphatic heterocycles. The van der Waals surface area contributed by atoms with E-state index in [4.69, 9.17) is 4.98 Å². The molecule has 55 heavy (non-hydrogen) atoms. The minimum Gasteiger partial charge on any atom is -0.507 e. The Morgan fingerprint density at radius 2 is 1.24 bits per heavy atom. The number of phenolic OH excluding ortho intramolecular Hbond substituents is 1. The third-order valence-corrected chi connectivity index (χ3v) is 10.7. The number of aromatic hydroxyl groups is 1. The predicted octanol–water partition coefficient (Wildman–Crippen LogP) is 10.9. The minimum atomic E-state index is -0.0484. The molecule has 0 saturated carbocycles. The van der Waals surface area contributed by atoms with Crippen molar-refractivity contribution in [3.63, 3.8) is 0 Å². The quantitative estimate of drug-likeness (QED) is 0.128. The van der Waals surface area contributed by atoms with Crippen molar-refractivity contribution in [2.24, 2.45) is 0 Å². The Kier molecular flexibility index (Phi) is 11.9. The number of phenols is 1. The van der Waals surface area contributed by atoms with Crippen LogP contribution >= 0.6 is 0 Å². The van der Waals surface area contributed by atoms with Crippen molar-refractivity contribution in [1.82, 2.24) is 19.0 Å². The Bertz CT molecular complexity index is 2360. The van der Waals surface area contributed by atoms with E-state index >= 15 is 0 Å². The maximum atomic E-state index is 10.8. The van der Waals surface area contributed by atoms with Crippen LogP contribution in [-0.2, 0) is 20.1 Å². The molecule has 283 valence electrons.